The second kappa shape index (κ2) is 7.32. The maximum Gasteiger partial charge on any atom is 0.448 e. The van der Waals surface area contributed by atoms with Crippen LogP contribution < -0.4 is 0 Å². The highest BCUT2D eigenvalue weighted by Gasteiger charge is 2.25. The van der Waals surface area contributed by atoms with E-state index in [1.165, 1.54) is 12.2 Å². The smallest absolute Gasteiger partial charge is 0.448 e. The number of benzene rings is 1. The Balaban J connectivity index is 2.21. The van der Waals surface area contributed by atoms with Gasteiger partial charge in [-0.1, -0.05) is 25.1 Å². The zero-order valence-electron chi connectivity index (χ0n) is 13.1. The number of allylic oxidation sites excluding steroid dienone is 3. The van der Waals surface area contributed by atoms with Gasteiger partial charge in [-0.25, -0.2) is 4.57 Å². The van der Waals surface area contributed by atoms with Crippen molar-refractivity contribution < 1.29 is 29.7 Å². The van der Waals surface area contributed by atoms with Crippen molar-refractivity contribution >= 4 is 13.5 Å². The third kappa shape index (κ3) is 5.04. The molecule has 5 N–H and O–H groups in total. The number of nitrogens with zero attached hydrogens (tertiary/aromatic N) is 1. The number of phenolic OH excluding ortho intramolecular Hbond substituents is 1. The lowest BCUT2D eigenvalue weighted by Crippen LogP contribution is -2.22. The van der Waals surface area contributed by atoms with Gasteiger partial charge in [0.05, 0.1) is 17.6 Å². The Morgan fingerprint density at radius 3 is 2.58 bits per heavy atom. The summed E-state index contributed by atoms with van der Waals surface area (Å²) in [4.78, 5) is 18.1. The number of rotatable bonds is 5. The topological polar surface area (TPSA) is 131 Å². The molecule has 0 bridgehead atoms. The average Bonchev–Trinajstić information content (AvgIpc) is 2.45. The van der Waals surface area contributed by atoms with Gasteiger partial charge in [0.2, 0.25) is 0 Å². The van der Waals surface area contributed by atoms with Gasteiger partial charge in [0.1, 0.15) is 5.75 Å². The van der Waals surface area contributed by atoms with Crippen LogP contribution in [0, 0.1) is 0 Å². The van der Waals surface area contributed by atoms with Gasteiger partial charge in [-0.2, -0.15) is 4.76 Å². The fraction of sp³-hybridized carbons (Fsp3) is 0.312. The van der Waals surface area contributed by atoms with Crippen molar-refractivity contribution in [3.63, 3.8) is 0 Å². The van der Waals surface area contributed by atoms with Crippen LogP contribution in [0.4, 0.5) is 0 Å². The molecule has 1 aliphatic rings. The highest BCUT2D eigenvalue weighted by Crippen LogP contribution is 2.39. The molecule has 1 aliphatic carbocycles. The van der Waals surface area contributed by atoms with Crippen molar-refractivity contribution in [2.24, 2.45) is 4.76 Å². The molecular weight excluding hydrogens is 333 g/mol. The maximum atomic E-state index is 11.1. The highest BCUT2D eigenvalue weighted by atomic mass is 31.2. The normalized spacial score (nSPS) is 19.6. The van der Waals surface area contributed by atoms with Gasteiger partial charge in [0.15, 0.2) is 0 Å². The molecule has 0 aromatic heterocycles. The highest BCUT2D eigenvalue weighted by molar-refractivity contribution is 7.50. The van der Waals surface area contributed by atoms with E-state index in [1.807, 2.05) is 13.0 Å². The van der Waals surface area contributed by atoms with Crippen LogP contribution in [-0.2, 0) is 4.57 Å². The second-order valence-electron chi connectivity index (χ2n) is 5.76. The van der Waals surface area contributed by atoms with Crippen molar-refractivity contribution in [1.82, 2.24) is 0 Å². The Morgan fingerprint density at radius 2 is 1.96 bits per heavy atom. The van der Waals surface area contributed by atoms with Crippen LogP contribution in [0.1, 0.15) is 31.2 Å². The van der Waals surface area contributed by atoms with Crippen LogP contribution in [0.25, 0.3) is 0 Å². The van der Waals surface area contributed by atoms with Gasteiger partial charge in [0, 0.05) is 12.0 Å². The van der Waals surface area contributed by atoms with E-state index in [0.29, 0.717) is 0 Å². The minimum absolute atomic E-state index is 0.0288. The van der Waals surface area contributed by atoms with E-state index >= 15 is 0 Å². The van der Waals surface area contributed by atoms with Crippen molar-refractivity contribution in [2.75, 3.05) is 0 Å². The SMILES string of the molecule is CC(CC(O)C1=CC=C(O)CC1=NP(=O)(O)O)c1cccc(O)c1. The van der Waals surface area contributed by atoms with Crippen LogP contribution in [0.2, 0.25) is 0 Å². The molecule has 130 valence electrons. The summed E-state index contributed by atoms with van der Waals surface area (Å²) in [5, 5.41) is 29.5. The molecule has 0 saturated carbocycles. The fourth-order valence-electron chi connectivity index (χ4n) is 2.60. The molecule has 0 heterocycles. The molecule has 1 aromatic rings. The third-order valence-electron chi connectivity index (χ3n) is 3.76. The summed E-state index contributed by atoms with van der Waals surface area (Å²) in [5.41, 5.74) is 1.07. The minimum atomic E-state index is -4.67. The molecule has 0 amide bonds. The molecular formula is C16H20NO6P. The van der Waals surface area contributed by atoms with E-state index < -0.39 is 13.9 Å². The monoisotopic (exact) mass is 353 g/mol. The molecule has 0 aliphatic heterocycles. The number of aliphatic hydroxyl groups is 2. The van der Waals surface area contributed by atoms with E-state index in [0.717, 1.165) is 5.56 Å². The summed E-state index contributed by atoms with van der Waals surface area (Å²) >= 11 is 0. The van der Waals surface area contributed by atoms with E-state index in [9.17, 15) is 19.9 Å². The number of hydrogen-bond acceptors (Lipinski definition) is 4. The molecule has 0 spiro atoms. The molecule has 2 unspecified atom stereocenters. The number of hydrogen-bond donors (Lipinski definition) is 5. The first-order chi connectivity index (χ1) is 11.2. The predicted octanol–water partition coefficient (Wildman–Crippen LogP) is 2.55. The number of aromatic hydroxyl groups is 1. The molecule has 2 atom stereocenters. The Kier molecular flexibility index (Phi) is 5.62. The first kappa shape index (κ1) is 18.4. The van der Waals surface area contributed by atoms with Crippen LogP contribution in [0.15, 0.2) is 52.5 Å². The Labute approximate surface area is 139 Å². The van der Waals surface area contributed by atoms with Gasteiger partial charge < -0.3 is 25.1 Å². The van der Waals surface area contributed by atoms with Crippen molar-refractivity contribution in [3.8, 4) is 5.75 Å². The van der Waals surface area contributed by atoms with Crippen LogP contribution >= 0.6 is 7.75 Å². The molecule has 1 aromatic carbocycles. The predicted molar refractivity (Wildman–Crippen MR) is 90.0 cm³/mol. The standard InChI is InChI=1S/C16H20NO6P/c1-10(11-3-2-4-12(18)8-11)7-16(20)14-6-5-13(19)9-15(14)17-24(21,22)23/h2-6,8,10,16,18-20H,7,9H2,1H3,(H2,21,22,23). The van der Waals surface area contributed by atoms with Gasteiger partial charge in [-0.3, -0.25) is 0 Å². The summed E-state index contributed by atoms with van der Waals surface area (Å²) in [6.45, 7) is 1.87. The van der Waals surface area contributed by atoms with Crippen molar-refractivity contribution in [3.05, 3.63) is 53.3 Å². The van der Waals surface area contributed by atoms with E-state index in [2.05, 4.69) is 4.76 Å². The summed E-state index contributed by atoms with van der Waals surface area (Å²) in [7, 11) is -4.67. The third-order valence-corrected chi connectivity index (χ3v) is 4.27. The van der Waals surface area contributed by atoms with Crippen LogP contribution in [0.3, 0.4) is 0 Å². The van der Waals surface area contributed by atoms with Crippen LogP contribution in [-0.4, -0.2) is 36.9 Å². The summed E-state index contributed by atoms with van der Waals surface area (Å²) in [5.74, 6) is -0.0645. The van der Waals surface area contributed by atoms with Gasteiger partial charge in [0.25, 0.3) is 0 Å². The molecule has 8 heteroatoms. The maximum absolute atomic E-state index is 11.1. The molecule has 24 heavy (non-hydrogen) atoms. The number of aliphatic hydroxyl groups excluding tert-OH is 2. The summed E-state index contributed by atoms with van der Waals surface area (Å²) in [6.07, 6.45) is 1.89. The lowest BCUT2D eigenvalue weighted by Gasteiger charge is -2.22. The Bertz CT molecular complexity index is 749. The lowest BCUT2D eigenvalue weighted by atomic mass is 9.88. The quantitative estimate of drug-likeness (QED) is 0.517. The molecule has 0 radical (unpaired) electrons. The van der Waals surface area contributed by atoms with E-state index in [-0.39, 0.29) is 41.6 Å². The fourth-order valence-corrected chi connectivity index (χ4v) is 3.10. The largest absolute Gasteiger partial charge is 0.512 e. The van der Waals surface area contributed by atoms with Gasteiger partial charge in [-0.05, 0) is 36.1 Å². The van der Waals surface area contributed by atoms with Crippen molar-refractivity contribution in [2.45, 2.75) is 31.8 Å². The van der Waals surface area contributed by atoms with Gasteiger partial charge >= 0.3 is 7.75 Å². The van der Waals surface area contributed by atoms with Crippen molar-refractivity contribution in [1.29, 1.82) is 0 Å². The Hall–Kier alpha value is -1.92. The first-order valence-corrected chi connectivity index (χ1v) is 8.94. The molecule has 0 saturated heterocycles. The summed E-state index contributed by atoms with van der Waals surface area (Å²) in [6, 6.07) is 6.68. The molecule has 2 rings (SSSR count). The van der Waals surface area contributed by atoms with E-state index in [4.69, 9.17) is 9.79 Å². The zero-order valence-corrected chi connectivity index (χ0v) is 14.0. The molecule has 0 fully saturated rings. The minimum Gasteiger partial charge on any atom is -0.512 e. The lowest BCUT2D eigenvalue weighted by molar-refractivity contribution is 0.197. The number of phenols is 1. The summed E-state index contributed by atoms with van der Waals surface area (Å²) < 4.78 is 14.5. The zero-order chi connectivity index (χ0) is 17.9. The Morgan fingerprint density at radius 1 is 1.25 bits per heavy atom. The molecule has 7 nitrogen and oxygen atoms in total. The first-order valence-electron chi connectivity index (χ1n) is 7.37. The van der Waals surface area contributed by atoms with Crippen LogP contribution in [0.5, 0.6) is 5.75 Å². The second-order valence-corrected chi connectivity index (χ2v) is 6.99. The average molecular weight is 353 g/mol. The van der Waals surface area contributed by atoms with E-state index in [1.54, 1.807) is 18.2 Å². The van der Waals surface area contributed by atoms with Gasteiger partial charge in [-0.15, -0.1) is 0 Å².